The normalized spacial score (nSPS) is 12.8. The number of rotatable bonds is 4. The van der Waals surface area contributed by atoms with E-state index in [4.69, 9.17) is 5.11 Å². The minimum atomic E-state index is -3.62. The minimum absolute atomic E-state index is 0.163. The van der Waals surface area contributed by atoms with Crippen molar-refractivity contribution in [2.24, 2.45) is 0 Å². The topological polar surface area (TPSA) is 66.4 Å². The van der Waals surface area contributed by atoms with Gasteiger partial charge in [0.2, 0.25) is 10.0 Å². The number of aliphatic hydroxyl groups is 1. The van der Waals surface area contributed by atoms with Crippen molar-refractivity contribution in [2.75, 3.05) is 6.61 Å². The Morgan fingerprint density at radius 3 is 2.44 bits per heavy atom. The molecule has 0 aliphatic rings. The zero-order valence-corrected chi connectivity index (χ0v) is 11.5. The van der Waals surface area contributed by atoms with Gasteiger partial charge >= 0.3 is 0 Å². The van der Waals surface area contributed by atoms with E-state index in [-0.39, 0.29) is 11.5 Å². The molecule has 0 amide bonds. The zero-order chi connectivity index (χ0) is 12.4. The molecular formula is C10H14BrNO3S. The highest BCUT2D eigenvalue weighted by Crippen LogP contribution is 2.22. The molecule has 0 radical (unpaired) electrons. The molecule has 6 heteroatoms. The van der Waals surface area contributed by atoms with Gasteiger partial charge in [0.05, 0.1) is 17.0 Å². The molecule has 0 heterocycles. The first-order valence-electron chi connectivity index (χ1n) is 4.68. The second-order valence-corrected chi connectivity index (χ2v) is 6.58. The zero-order valence-electron chi connectivity index (χ0n) is 9.07. The molecule has 0 spiro atoms. The first-order chi connectivity index (χ1) is 7.28. The van der Waals surface area contributed by atoms with Gasteiger partial charge in [-0.25, -0.2) is 13.1 Å². The van der Waals surface area contributed by atoms with Crippen LogP contribution in [0.15, 0.2) is 33.6 Å². The second kappa shape index (κ2) is 4.83. The van der Waals surface area contributed by atoms with Crippen LogP contribution in [0.25, 0.3) is 0 Å². The molecule has 90 valence electrons. The number of hydrogen-bond acceptors (Lipinski definition) is 3. The van der Waals surface area contributed by atoms with Crippen LogP contribution in [0.1, 0.15) is 13.8 Å². The Balaban J connectivity index is 3.09. The molecule has 0 unspecified atom stereocenters. The van der Waals surface area contributed by atoms with E-state index < -0.39 is 15.6 Å². The van der Waals surface area contributed by atoms with Crippen LogP contribution in [-0.2, 0) is 10.0 Å². The lowest BCUT2D eigenvalue weighted by Crippen LogP contribution is -2.46. The van der Waals surface area contributed by atoms with Crippen molar-refractivity contribution in [2.45, 2.75) is 24.3 Å². The van der Waals surface area contributed by atoms with Crippen molar-refractivity contribution in [1.82, 2.24) is 4.72 Å². The fourth-order valence-corrected chi connectivity index (χ4v) is 3.52. The van der Waals surface area contributed by atoms with Crippen LogP contribution in [0.4, 0.5) is 0 Å². The molecule has 0 aliphatic carbocycles. The molecule has 0 bridgehead atoms. The second-order valence-electron chi connectivity index (χ2n) is 4.08. The van der Waals surface area contributed by atoms with Gasteiger partial charge in [-0.05, 0) is 41.9 Å². The quantitative estimate of drug-likeness (QED) is 0.886. The third kappa shape index (κ3) is 3.28. The molecule has 0 aromatic heterocycles. The smallest absolute Gasteiger partial charge is 0.242 e. The number of halogens is 1. The van der Waals surface area contributed by atoms with Crippen LogP contribution in [0, 0.1) is 0 Å². The largest absolute Gasteiger partial charge is 0.394 e. The maximum atomic E-state index is 12.0. The fourth-order valence-electron chi connectivity index (χ4n) is 1.11. The predicted molar refractivity (Wildman–Crippen MR) is 65.6 cm³/mol. The summed E-state index contributed by atoms with van der Waals surface area (Å²) in [5, 5.41) is 9.03. The average Bonchev–Trinajstić information content (AvgIpc) is 2.16. The van der Waals surface area contributed by atoms with E-state index >= 15 is 0 Å². The van der Waals surface area contributed by atoms with E-state index in [9.17, 15) is 8.42 Å². The third-order valence-electron chi connectivity index (χ3n) is 1.93. The summed E-state index contributed by atoms with van der Waals surface area (Å²) in [4.78, 5) is 0.163. The van der Waals surface area contributed by atoms with E-state index in [1.165, 1.54) is 6.07 Å². The molecule has 1 aromatic rings. The molecule has 1 rings (SSSR count). The number of hydrogen-bond donors (Lipinski definition) is 2. The summed E-state index contributed by atoms with van der Waals surface area (Å²) in [7, 11) is -3.62. The molecule has 0 aliphatic heterocycles. The van der Waals surface area contributed by atoms with E-state index in [1.54, 1.807) is 32.0 Å². The number of benzene rings is 1. The fraction of sp³-hybridized carbons (Fsp3) is 0.400. The summed E-state index contributed by atoms with van der Waals surface area (Å²) in [5.74, 6) is 0. The van der Waals surface area contributed by atoms with Gasteiger partial charge in [0.25, 0.3) is 0 Å². The summed E-state index contributed by atoms with van der Waals surface area (Å²) in [6, 6.07) is 6.53. The summed E-state index contributed by atoms with van der Waals surface area (Å²) >= 11 is 3.18. The first kappa shape index (κ1) is 13.6. The van der Waals surface area contributed by atoms with Crippen LogP contribution in [0.3, 0.4) is 0 Å². The Hall–Kier alpha value is -0.430. The van der Waals surface area contributed by atoms with Gasteiger partial charge in [-0.15, -0.1) is 0 Å². The van der Waals surface area contributed by atoms with Crippen LogP contribution in [0.2, 0.25) is 0 Å². The van der Waals surface area contributed by atoms with E-state index in [2.05, 4.69) is 20.7 Å². The van der Waals surface area contributed by atoms with Crippen molar-refractivity contribution in [3.05, 3.63) is 28.7 Å². The lowest BCUT2D eigenvalue weighted by molar-refractivity contribution is 0.208. The maximum Gasteiger partial charge on any atom is 0.242 e. The van der Waals surface area contributed by atoms with Gasteiger partial charge in [-0.1, -0.05) is 12.1 Å². The van der Waals surface area contributed by atoms with Crippen LogP contribution >= 0.6 is 15.9 Å². The molecule has 0 atom stereocenters. The Labute approximate surface area is 104 Å². The van der Waals surface area contributed by atoms with Gasteiger partial charge < -0.3 is 5.11 Å². The minimum Gasteiger partial charge on any atom is -0.394 e. The molecule has 1 aromatic carbocycles. The molecule has 0 saturated carbocycles. The van der Waals surface area contributed by atoms with Gasteiger partial charge in [-0.3, -0.25) is 0 Å². The van der Waals surface area contributed by atoms with Crippen molar-refractivity contribution >= 4 is 26.0 Å². The number of aliphatic hydroxyl groups excluding tert-OH is 1. The van der Waals surface area contributed by atoms with E-state index in [0.29, 0.717) is 4.47 Å². The highest BCUT2D eigenvalue weighted by atomic mass is 79.9. The molecule has 0 saturated heterocycles. The summed E-state index contributed by atoms with van der Waals surface area (Å²) in [5.41, 5.74) is -0.881. The van der Waals surface area contributed by atoms with Crippen molar-refractivity contribution in [3.8, 4) is 0 Å². The molecule has 2 N–H and O–H groups in total. The lowest BCUT2D eigenvalue weighted by atomic mass is 10.1. The number of sulfonamides is 1. The Morgan fingerprint density at radius 1 is 1.38 bits per heavy atom. The Morgan fingerprint density at radius 2 is 1.94 bits per heavy atom. The molecule has 16 heavy (non-hydrogen) atoms. The maximum absolute atomic E-state index is 12.0. The average molecular weight is 308 g/mol. The van der Waals surface area contributed by atoms with Gasteiger partial charge in [0.1, 0.15) is 0 Å². The van der Waals surface area contributed by atoms with Crippen molar-refractivity contribution in [3.63, 3.8) is 0 Å². The molecule has 0 fully saturated rings. The number of nitrogens with one attached hydrogen (secondary N) is 1. The Kier molecular flexibility index (Phi) is 4.12. The monoisotopic (exact) mass is 307 g/mol. The first-order valence-corrected chi connectivity index (χ1v) is 6.95. The summed E-state index contributed by atoms with van der Waals surface area (Å²) in [6.07, 6.45) is 0. The van der Waals surface area contributed by atoms with E-state index in [1.807, 2.05) is 0 Å². The van der Waals surface area contributed by atoms with Gasteiger partial charge in [-0.2, -0.15) is 0 Å². The third-order valence-corrected chi connectivity index (χ3v) is 4.64. The highest BCUT2D eigenvalue weighted by molar-refractivity contribution is 9.10. The summed E-state index contributed by atoms with van der Waals surface area (Å²) < 4.78 is 26.9. The van der Waals surface area contributed by atoms with Crippen molar-refractivity contribution < 1.29 is 13.5 Å². The van der Waals surface area contributed by atoms with Gasteiger partial charge in [0.15, 0.2) is 0 Å². The molecular weight excluding hydrogens is 294 g/mol. The highest BCUT2D eigenvalue weighted by Gasteiger charge is 2.26. The Bertz CT molecular complexity index is 471. The van der Waals surface area contributed by atoms with Crippen LogP contribution < -0.4 is 4.72 Å². The van der Waals surface area contributed by atoms with Crippen LogP contribution in [0.5, 0.6) is 0 Å². The standard InChI is InChI=1S/C10H14BrNO3S/c1-10(2,7-13)12-16(14,15)9-6-4-3-5-8(9)11/h3-6,12-13H,7H2,1-2H3. The SMILES string of the molecule is CC(C)(CO)NS(=O)(=O)c1ccccc1Br. The summed E-state index contributed by atoms with van der Waals surface area (Å²) in [6.45, 7) is 2.96. The molecule has 4 nitrogen and oxygen atoms in total. The predicted octanol–water partition coefficient (Wildman–Crippen LogP) is 1.50. The van der Waals surface area contributed by atoms with Gasteiger partial charge in [0, 0.05) is 4.47 Å². The van der Waals surface area contributed by atoms with Crippen LogP contribution in [-0.4, -0.2) is 25.7 Å². The van der Waals surface area contributed by atoms with Crippen molar-refractivity contribution in [1.29, 1.82) is 0 Å². The lowest BCUT2D eigenvalue weighted by Gasteiger charge is -2.23. The van der Waals surface area contributed by atoms with E-state index in [0.717, 1.165) is 0 Å².